The zero-order chi connectivity index (χ0) is 14.4. The van der Waals surface area contributed by atoms with E-state index in [-0.39, 0.29) is 17.9 Å². The van der Waals surface area contributed by atoms with Crippen molar-refractivity contribution in [1.29, 1.82) is 0 Å². The molecule has 1 aromatic rings. The Balaban J connectivity index is 2.70. The van der Waals surface area contributed by atoms with Crippen LogP contribution in [0.4, 0.5) is 0 Å². The first kappa shape index (κ1) is 13.6. The predicted molar refractivity (Wildman–Crippen MR) is 66.2 cm³/mol. The summed E-state index contributed by atoms with van der Waals surface area (Å²) in [7, 11) is -3.29. The number of carboxylic acid groups (broad SMARTS) is 1. The number of pyridine rings is 1. The maximum Gasteiger partial charge on any atom is 0.352 e. The number of aromatic nitrogens is 1. The van der Waals surface area contributed by atoms with Crippen molar-refractivity contribution >= 4 is 15.8 Å². The quantitative estimate of drug-likeness (QED) is 0.777. The van der Waals surface area contributed by atoms with Crippen LogP contribution in [0.15, 0.2) is 16.9 Å². The van der Waals surface area contributed by atoms with Crippen LogP contribution in [0.2, 0.25) is 0 Å². The maximum absolute atomic E-state index is 11.9. The molecule has 0 bridgehead atoms. The Kier molecular flexibility index (Phi) is 2.93. The molecule has 1 aromatic heterocycles. The van der Waals surface area contributed by atoms with Gasteiger partial charge in [0.25, 0.3) is 5.56 Å². The molecule has 1 saturated heterocycles. The summed E-state index contributed by atoms with van der Waals surface area (Å²) in [4.78, 5) is 23.1. The molecular formula is C11H13NO6S. The van der Waals surface area contributed by atoms with Crippen LogP contribution in [-0.2, 0) is 15.4 Å². The second-order valence-electron chi connectivity index (χ2n) is 4.92. The van der Waals surface area contributed by atoms with E-state index in [0.29, 0.717) is 0 Å². The number of rotatable bonds is 2. The summed E-state index contributed by atoms with van der Waals surface area (Å²) in [6.45, 7) is 1.53. The first-order valence-corrected chi connectivity index (χ1v) is 7.37. The van der Waals surface area contributed by atoms with Crippen LogP contribution >= 0.6 is 0 Å². The smallest absolute Gasteiger partial charge is 0.352 e. The van der Waals surface area contributed by atoms with Gasteiger partial charge in [0, 0.05) is 12.1 Å². The van der Waals surface area contributed by atoms with Crippen LogP contribution in [0.25, 0.3) is 0 Å². The van der Waals surface area contributed by atoms with E-state index >= 15 is 0 Å². The molecule has 19 heavy (non-hydrogen) atoms. The van der Waals surface area contributed by atoms with Gasteiger partial charge in [-0.05, 0) is 13.3 Å². The van der Waals surface area contributed by atoms with Gasteiger partial charge < -0.3 is 10.2 Å². The van der Waals surface area contributed by atoms with Gasteiger partial charge in [-0.15, -0.1) is 0 Å². The standard InChI is InChI=1S/C11H13NO6S/c1-11(2-3-19(17,18)6-11)12-8(10(15)16)4-7(13)5-9(12)14/h4-5,13H,2-3,6H2,1H3,(H,15,16). The van der Waals surface area contributed by atoms with Gasteiger partial charge in [-0.25, -0.2) is 13.2 Å². The first-order chi connectivity index (χ1) is 8.65. The van der Waals surface area contributed by atoms with E-state index in [2.05, 4.69) is 0 Å². The van der Waals surface area contributed by atoms with Gasteiger partial charge >= 0.3 is 5.97 Å². The highest BCUT2D eigenvalue weighted by molar-refractivity contribution is 7.91. The van der Waals surface area contributed by atoms with Crippen LogP contribution in [0.5, 0.6) is 5.75 Å². The van der Waals surface area contributed by atoms with E-state index in [0.717, 1.165) is 16.7 Å². The largest absolute Gasteiger partial charge is 0.508 e. The van der Waals surface area contributed by atoms with E-state index in [9.17, 15) is 23.1 Å². The summed E-state index contributed by atoms with van der Waals surface area (Å²) in [6, 6.07) is 1.82. The number of carbonyl (C=O) groups is 1. The van der Waals surface area contributed by atoms with Crippen molar-refractivity contribution in [3.05, 3.63) is 28.2 Å². The van der Waals surface area contributed by atoms with E-state index in [1.54, 1.807) is 0 Å². The number of hydrogen-bond donors (Lipinski definition) is 2. The Morgan fingerprint density at radius 3 is 2.53 bits per heavy atom. The average molecular weight is 287 g/mol. The molecule has 0 aromatic carbocycles. The van der Waals surface area contributed by atoms with Crippen molar-refractivity contribution in [3.8, 4) is 5.75 Å². The summed E-state index contributed by atoms with van der Waals surface area (Å²) >= 11 is 0. The Bertz CT molecular complexity index is 704. The Morgan fingerprint density at radius 2 is 2.05 bits per heavy atom. The third-order valence-electron chi connectivity index (χ3n) is 3.26. The lowest BCUT2D eigenvalue weighted by molar-refractivity contribution is 0.0674. The summed E-state index contributed by atoms with van der Waals surface area (Å²) in [6.07, 6.45) is 0.167. The number of aromatic carboxylic acids is 1. The third-order valence-corrected chi connectivity index (χ3v) is 5.15. The highest BCUT2D eigenvalue weighted by Crippen LogP contribution is 2.31. The molecule has 2 rings (SSSR count). The SMILES string of the molecule is CC1(n2c(C(=O)O)cc(O)cc2=O)CCS(=O)(=O)C1. The molecule has 2 heterocycles. The highest BCUT2D eigenvalue weighted by atomic mass is 32.2. The molecule has 0 aliphatic carbocycles. The van der Waals surface area contributed by atoms with Gasteiger partial charge in [0.1, 0.15) is 11.4 Å². The zero-order valence-corrected chi connectivity index (χ0v) is 11.0. The van der Waals surface area contributed by atoms with E-state index in [1.165, 1.54) is 6.92 Å². The van der Waals surface area contributed by atoms with Gasteiger partial charge in [-0.3, -0.25) is 9.36 Å². The molecule has 1 aliphatic rings. The van der Waals surface area contributed by atoms with Gasteiger partial charge in [0.2, 0.25) is 0 Å². The number of carboxylic acids is 1. The third kappa shape index (κ3) is 2.35. The lowest BCUT2D eigenvalue weighted by Gasteiger charge is -2.27. The number of hydrogen-bond acceptors (Lipinski definition) is 5. The fourth-order valence-electron chi connectivity index (χ4n) is 2.44. The van der Waals surface area contributed by atoms with E-state index in [4.69, 9.17) is 5.11 Å². The van der Waals surface area contributed by atoms with E-state index in [1.807, 2.05) is 0 Å². The van der Waals surface area contributed by atoms with Crippen molar-refractivity contribution < 1.29 is 23.4 Å². The van der Waals surface area contributed by atoms with Crippen molar-refractivity contribution in [2.75, 3.05) is 11.5 Å². The molecule has 0 spiro atoms. The van der Waals surface area contributed by atoms with Crippen LogP contribution < -0.4 is 5.56 Å². The molecule has 8 heteroatoms. The predicted octanol–water partition coefficient (Wildman–Crippen LogP) is -0.214. The van der Waals surface area contributed by atoms with Gasteiger partial charge in [-0.1, -0.05) is 0 Å². The molecule has 104 valence electrons. The highest BCUT2D eigenvalue weighted by Gasteiger charge is 2.42. The molecule has 0 radical (unpaired) electrons. The Morgan fingerprint density at radius 1 is 1.42 bits per heavy atom. The normalized spacial score (nSPS) is 25.3. The molecule has 2 N–H and O–H groups in total. The fraction of sp³-hybridized carbons (Fsp3) is 0.455. The van der Waals surface area contributed by atoms with Gasteiger partial charge in [0.15, 0.2) is 9.84 Å². The number of nitrogens with zero attached hydrogens (tertiary/aromatic N) is 1. The minimum atomic E-state index is -3.29. The number of sulfone groups is 1. The Labute approximate surface area is 109 Å². The maximum atomic E-state index is 11.9. The minimum absolute atomic E-state index is 0.0874. The molecular weight excluding hydrogens is 274 g/mol. The second kappa shape index (κ2) is 4.09. The zero-order valence-electron chi connectivity index (χ0n) is 10.2. The van der Waals surface area contributed by atoms with Crippen LogP contribution in [0.3, 0.4) is 0 Å². The molecule has 1 atom stereocenters. The van der Waals surface area contributed by atoms with E-state index < -0.39 is 38.3 Å². The lowest BCUT2D eigenvalue weighted by Crippen LogP contribution is -2.42. The molecule has 0 saturated carbocycles. The van der Waals surface area contributed by atoms with Crippen LogP contribution in [0.1, 0.15) is 23.8 Å². The van der Waals surface area contributed by atoms with Crippen molar-refractivity contribution in [2.24, 2.45) is 0 Å². The monoisotopic (exact) mass is 287 g/mol. The van der Waals surface area contributed by atoms with Crippen molar-refractivity contribution in [2.45, 2.75) is 18.9 Å². The average Bonchev–Trinajstić information content (AvgIpc) is 2.52. The molecule has 1 fully saturated rings. The fourth-order valence-corrected chi connectivity index (χ4v) is 4.56. The second-order valence-corrected chi connectivity index (χ2v) is 7.10. The molecule has 7 nitrogen and oxygen atoms in total. The van der Waals surface area contributed by atoms with Crippen molar-refractivity contribution in [3.63, 3.8) is 0 Å². The molecule has 0 amide bonds. The summed E-state index contributed by atoms with van der Waals surface area (Å²) in [5, 5.41) is 18.4. The lowest BCUT2D eigenvalue weighted by atomic mass is 10.0. The molecule has 1 aliphatic heterocycles. The molecule has 1 unspecified atom stereocenters. The minimum Gasteiger partial charge on any atom is -0.508 e. The first-order valence-electron chi connectivity index (χ1n) is 5.55. The van der Waals surface area contributed by atoms with Gasteiger partial charge in [0.05, 0.1) is 17.0 Å². The summed E-state index contributed by atoms with van der Waals surface area (Å²) < 4.78 is 24.1. The Hall–Kier alpha value is -1.83. The van der Waals surface area contributed by atoms with Crippen LogP contribution in [0, 0.1) is 0 Å². The topological polar surface area (TPSA) is 114 Å². The van der Waals surface area contributed by atoms with Crippen molar-refractivity contribution in [1.82, 2.24) is 4.57 Å². The van der Waals surface area contributed by atoms with Gasteiger partial charge in [-0.2, -0.15) is 0 Å². The number of aromatic hydroxyl groups is 1. The van der Waals surface area contributed by atoms with Crippen LogP contribution in [-0.4, -0.2) is 40.7 Å². The summed E-state index contributed by atoms with van der Waals surface area (Å²) in [5.41, 5.74) is -2.24. The summed E-state index contributed by atoms with van der Waals surface area (Å²) in [5.74, 6) is -2.22.